The molecule has 0 heterocycles. The van der Waals surface area contributed by atoms with Gasteiger partial charge in [0.05, 0.1) is 29.7 Å². The van der Waals surface area contributed by atoms with Gasteiger partial charge in [0.2, 0.25) is 0 Å². The van der Waals surface area contributed by atoms with E-state index in [1.54, 1.807) is 13.0 Å². The highest BCUT2D eigenvalue weighted by Gasteiger charge is 2.18. The monoisotopic (exact) mass is 369 g/mol. The molecule has 2 aromatic rings. The van der Waals surface area contributed by atoms with Crippen LogP contribution in [0.2, 0.25) is 5.02 Å². The highest BCUT2D eigenvalue weighted by molar-refractivity contribution is 7.92. The number of benzene rings is 2. The van der Waals surface area contributed by atoms with Crippen LogP contribution in [0.1, 0.15) is 15.9 Å². The highest BCUT2D eigenvalue weighted by atomic mass is 35.5. The molecule has 0 spiro atoms. The predicted octanol–water partition coefficient (Wildman–Crippen LogP) is 3.24. The molecule has 0 amide bonds. The number of halogens is 1. The summed E-state index contributed by atoms with van der Waals surface area (Å²) in [5, 5.41) is 0.171. The SMILES string of the molecule is COC(=O)c1cc(NS(=O)(=O)c2ccc(OC)c(C)c2)ccc1Cl. The van der Waals surface area contributed by atoms with E-state index in [-0.39, 0.29) is 21.2 Å². The first-order chi connectivity index (χ1) is 11.3. The van der Waals surface area contributed by atoms with Crippen molar-refractivity contribution in [1.82, 2.24) is 0 Å². The molecule has 0 radical (unpaired) electrons. The molecule has 8 heteroatoms. The van der Waals surface area contributed by atoms with Gasteiger partial charge in [-0.3, -0.25) is 4.72 Å². The molecule has 0 aliphatic carbocycles. The van der Waals surface area contributed by atoms with Crippen LogP contribution in [0.15, 0.2) is 41.3 Å². The number of hydrogen-bond acceptors (Lipinski definition) is 5. The number of hydrogen-bond donors (Lipinski definition) is 1. The third kappa shape index (κ3) is 3.80. The number of ether oxygens (including phenoxy) is 2. The van der Waals surface area contributed by atoms with Crippen LogP contribution in [0, 0.1) is 6.92 Å². The summed E-state index contributed by atoms with van der Waals surface area (Å²) in [5.74, 6) is -0.0604. The molecule has 0 fully saturated rings. The van der Waals surface area contributed by atoms with E-state index >= 15 is 0 Å². The summed E-state index contributed by atoms with van der Waals surface area (Å²) in [6.07, 6.45) is 0. The maximum atomic E-state index is 12.5. The van der Waals surface area contributed by atoms with E-state index in [9.17, 15) is 13.2 Å². The Hall–Kier alpha value is -2.25. The summed E-state index contributed by atoms with van der Waals surface area (Å²) in [7, 11) is -1.09. The molecular weight excluding hydrogens is 354 g/mol. The van der Waals surface area contributed by atoms with Crippen LogP contribution in [0.4, 0.5) is 5.69 Å². The maximum absolute atomic E-state index is 12.5. The molecule has 24 heavy (non-hydrogen) atoms. The van der Waals surface area contributed by atoms with Crippen LogP contribution < -0.4 is 9.46 Å². The fourth-order valence-electron chi connectivity index (χ4n) is 2.09. The number of anilines is 1. The van der Waals surface area contributed by atoms with E-state index in [0.29, 0.717) is 11.3 Å². The Morgan fingerprint density at radius 2 is 1.83 bits per heavy atom. The number of methoxy groups -OCH3 is 2. The summed E-state index contributed by atoms with van der Waals surface area (Å²) in [5.41, 5.74) is 0.963. The van der Waals surface area contributed by atoms with Crippen molar-refractivity contribution in [1.29, 1.82) is 0 Å². The quantitative estimate of drug-likeness (QED) is 0.818. The second-order valence-electron chi connectivity index (χ2n) is 4.92. The van der Waals surface area contributed by atoms with E-state index in [4.69, 9.17) is 16.3 Å². The fraction of sp³-hybridized carbons (Fsp3) is 0.188. The average Bonchev–Trinajstić information content (AvgIpc) is 2.55. The molecule has 6 nitrogen and oxygen atoms in total. The minimum absolute atomic E-state index is 0.0743. The molecule has 0 aromatic heterocycles. The van der Waals surface area contributed by atoms with Gasteiger partial charge in [-0.05, 0) is 48.9 Å². The van der Waals surface area contributed by atoms with Crippen molar-refractivity contribution in [3.05, 3.63) is 52.5 Å². The Balaban J connectivity index is 2.36. The lowest BCUT2D eigenvalue weighted by atomic mass is 10.2. The minimum atomic E-state index is -3.82. The third-order valence-corrected chi connectivity index (χ3v) is 5.01. The van der Waals surface area contributed by atoms with E-state index in [2.05, 4.69) is 9.46 Å². The molecule has 1 N–H and O–H groups in total. The first-order valence-corrected chi connectivity index (χ1v) is 8.70. The summed E-state index contributed by atoms with van der Waals surface area (Å²) in [6, 6.07) is 8.71. The number of sulfonamides is 1. The van der Waals surface area contributed by atoms with E-state index in [1.807, 2.05) is 0 Å². The Kier molecular flexibility index (Phi) is 5.36. The number of rotatable bonds is 5. The second kappa shape index (κ2) is 7.11. The van der Waals surface area contributed by atoms with Crippen molar-refractivity contribution in [2.75, 3.05) is 18.9 Å². The predicted molar refractivity (Wildman–Crippen MR) is 91.3 cm³/mol. The van der Waals surface area contributed by atoms with Gasteiger partial charge in [0.1, 0.15) is 5.75 Å². The summed E-state index contributed by atoms with van der Waals surface area (Å²) in [6.45, 7) is 1.75. The zero-order valence-electron chi connectivity index (χ0n) is 13.3. The van der Waals surface area contributed by atoms with Crippen molar-refractivity contribution >= 4 is 33.3 Å². The van der Waals surface area contributed by atoms with Crippen LogP contribution in [-0.2, 0) is 14.8 Å². The van der Waals surface area contributed by atoms with Crippen LogP contribution in [0.5, 0.6) is 5.75 Å². The number of aryl methyl sites for hydroxylation is 1. The molecule has 0 unspecified atom stereocenters. The first-order valence-electron chi connectivity index (χ1n) is 6.84. The van der Waals surface area contributed by atoms with Gasteiger partial charge in [-0.1, -0.05) is 11.6 Å². The number of carbonyl (C=O) groups is 1. The highest BCUT2D eigenvalue weighted by Crippen LogP contribution is 2.25. The van der Waals surface area contributed by atoms with Crippen LogP contribution in [0.25, 0.3) is 0 Å². The lowest BCUT2D eigenvalue weighted by molar-refractivity contribution is 0.0601. The van der Waals surface area contributed by atoms with Crippen molar-refractivity contribution in [2.24, 2.45) is 0 Å². The number of nitrogens with one attached hydrogen (secondary N) is 1. The van der Waals surface area contributed by atoms with E-state index in [0.717, 1.165) is 0 Å². The third-order valence-electron chi connectivity index (χ3n) is 3.30. The van der Waals surface area contributed by atoms with Gasteiger partial charge >= 0.3 is 5.97 Å². The minimum Gasteiger partial charge on any atom is -0.496 e. The van der Waals surface area contributed by atoms with E-state index < -0.39 is 16.0 Å². The molecule has 0 saturated heterocycles. The lowest BCUT2D eigenvalue weighted by Gasteiger charge is -2.12. The average molecular weight is 370 g/mol. The Morgan fingerprint density at radius 1 is 1.12 bits per heavy atom. The first kappa shape index (κ1) is 18.1. The van der Waals surface area contributed by atoms with Crippen molar-refractivity contribution < 1.29 is 22.7 Å². The molecule has 0 aliphatic heterocycles. The Labute approximate surface area is 145 Å². The summed E-state index contributed by atoms with van der Waals surface area (Å²) < 4.78 is 37.1. The molecule has 2 rings (SSSR count). The van der Waals surface area contributed by atoms with Gasteiger partial charge in [-0.15, -0.1) is 0 Å². The van der Waals surface area contributed by atoms with Crippen molar-refractivity contribution in [3.8, 4) is 5.75 Å². The van der Waals surface area contributed by atoms with Crippen molar-refractivity contribution in [3.63, 3.8) is 0 Å². The second-order valence-corrected chi connectivity index (χ2v) is 7.01. The Morgan fingerprint density at radius 3 is 2.42 bits per heavy atom. The van der Waals surface area contributed by atoms with Crippen LogP contribution in [-0.4, -0.2) is 28.6 Å². The summed E-state index contributed by atoms with van der Waals surface area (Å²) >= 11 is 5.92. The van der Waals surface area contributed by atoms with Crippen LogP contribution in [0.3, 0.4) is 0 Å². The molecular formula is C16H16ClNO5S. The smallest absolute Gasteiger partial charge is 0.339 e. The maximum Gasteiger partial charge on any atom is 0.339 e. The van der Waals surface area contributed by atoms with Gasteiger partial charge in [0.15, 0.2) is 0 Å². The van der Waals surface area contributed by atoms with Crippen LogP contribution >= 0.6 is 11.6 Å². The van der Waals surface area contributed by atoms with Gasteiger partial charge in [0, 0.05) is 5.69 Å². The van der Waals surface area contributed by atoms with Gasteiger partial charge in [-0.25, -0.2) is 13.2 Å². The molecule has 2 aromatic carbocycles. The van der Waals surface area contributed by atoms with Gasteiger partial charge < -0.3 is 9.47 Å². The standard InChI is InChI=1S/C16H16ClNO5S/c1-10-8-12(5-7-15(10)22-2)24(20,21)18-11-4-6-14(17)13(9-11)16(19)23-3/h4-9,18H,1-3H3. The largest absolute Gasteiger partial charge is 0.496 e. The molecule has 0 bridgehead atoms. The zero-order chi connectivity index (χ0) is 17.9. The van der Waals surface area contributed by atoms with Gasteiger partial charge in [0.25, 0.3) is 10.0 Å². The fourth-order valence-corrected chi connectivity index (χ4v) is 3.42. The lowest BCUT2D eigenvalue weighted by Crippen LogP contribution is -2.14. The molecule has 0 saturated carbocycles. The normalized spacial score (nSPS) is 11.0. The Bertz CT molecular complexity index is 880. The zero-order valence-corrected chi connectivity index (χ0v) is 14.9. The number of carbonyl (C=O) groups excluding carboxylic acids is 1. The van der Waals surface area contributed by atoms with E-state index in [1.165, 1.54) is 44.6 Å². The van der Waals surface area contributed by atoms with Crippen molar-refractivity contribution in [2.45, 2.75) is 11.8 Å². The summed E-state index contributed by atoms with van der Waals surface area (Å²) in [4.78, 5) is 11.7. The molecule has 0 atom stereocenters. The van der Waals surface area contributed by atoms with Gasteiger partial charge in [-0.2, -0.15) is 0 Å². The molecule has 128 valence electrons. The molecule has 0 aliphatic rings. The number of esters is 1. The topological polar surface area (TPSA) is 81.7 Å².